The Kier molecular flexibility index (Phi) is 8.83. The Morgan fingerprint density at radius 2 is 1.82 bits per heavy atom. The summed E-state index contributed by atoms with van der Waals surface area (Å²) < 4.78 is 5.16. The summed E-state index contributed by atoms with van der Waals surface area (Å²) in [6, 6.07) is 0. The van der Waals surface area contributed by atoms with E-state index in [1.54, 1.807) is 7.11 Å². The van der Waals surface area contributed by atoms with Gasteiger partial charge in [-0.1, -0.05) is 13.8 Å². The van der Waals surface area contributed by atoms with E-state index in [4.69, 9.17) is 4.74 Å². The van der Waals surface area contributed by atoms with Crippen molar-refractivity contribution in [2.75, 3.05) is 39.9 Å². The van der Waals surface area contributed by atoms with E-state index in [0.29, 0.717) is 0 Å². The molecule has 0 aromatic rings. The lowest BCUT2D eigenvalue weighted by Crippen LogP contribution is -2.39. The van der Waals surface area contributed by atoms with Gasteiger partial charge in [0.05, 0.1) is 6.61 Å². The maximum atomic E-state index is 5.16. The molecule has 0 heterocycles. The molecule has 0 aromatic heterocycles. The van der Waals surface area contributed by atoms with Gasteiger partial charge in [-0.25, -0.2) is 0 Å². The van der Waals surface area contributed by atoms with Crippen LogP contribution in [0.15, 0.2) is 0 Å². The Balaban J connectivity index is 3.75. The predicted molar refractivity (Wildman–Crippen MR) is 75.5 cm³/mol. The fraction of sp³-hybridized carbons (Fsp3) is 1.00. The van der Waals surface area contributed by atoms with E-state index in [-0.39, 0.29) is 5.54 Å². The largest absolute Gasteiger partial charge is 0.383 e. The lowest BCUT2D eigenvalue weighted by atomic mass is 10.1. The lowest BCUT2D eigenvalue weighted by Gasteiger charge is -2.25. The molecular formula is C14H32N2O. The second-order valence-corrected chi connectivity index (χ2v) is 6.22. The number of methoxy groups -OCH3 is 1. The van der Waals surface area contributed by atoms with Crippen molar-refractivity contribution in [1.82, 2.24) is 10.2 Å². The summed E-state index contributed by atoms with van der Waals surface area (Å²) in [4.78, 5) is 2.50. The van der Waals surface area contributed by atoms with Crippen LogP contribution in [0.4, 0.5) is 0 Å². The van der Waals surface area contributed by atoms with Crippen LogP contribution in [-0.2, 0) is 4.74 Å². The van der Waals surface area contributed by atoms with E-state index in [9.17, 15) is 0 Å². The molecule has 0 fully saturated rings. The van der Waals surface area contributed by atoms with Crippen molar-refractivity contribution in [3.8, 4) is 0 Å². The molecule has 0 saturated carbocycles. The quantitative estimate of drug-likeness (QED) is 0.630. The van der Waals surface area contributed by atoms with Crippen molar-refractivity contribution >= 4 is 0 Å². The zero-order valence-corrected chi connectivity index (χ0v) is 12.7. The van der Waals surface area contributed by atoms with Crippen LogP contribution in [0.1, 0.15) is 41.0 Å². The van der Waals surface area contributed by atoms with Crippen molar-refractivity contribution in [3.05, 3.63) is 0 Å². The van der Waals surface area contributed by atoms with Crippen LogP contribution in [-0.4, -0.2) is 50.3 Å². The molecule has 0 atom stereocenters. The van der Waals surface area contributed by atoms with Crippen LogP contribution >= 0.6 is 0 Å². The van der Waals surface area contributed by atoms with Gasteiger partial charge in [-0.05, 0) is 46.2 Å². The molecule has 0 aromatic carbocycles. The fourth-order valence-corrected chi connectivity index (χ4v) is 1.80. The van der Waals surface area contributed by atoms with E-state index in [1.165, 1.54) is 13.0 Å². The highest BCUT2D eigenvalue weighted by Crippen LogP contribution is 2.01. The van der Waals surface area contributed by atoms with Crippen LogP contribution in [0, 0.1) is 5.92 Å². The summed E-state index contributed by atoms with van der Waals surface area (Å²) >= 11 is 0. The van der Waals surface area contributed by atoms with E-state index in [1.807, 2.05) is 0 Å². The number of rotatable bonds is 9. The average molecular weight is 244 g/mol. The highest BCUT2D eigenvalue weighted by molar-refractivity contribution is 4.70. The molecule has 0 bridgehead atoms. The van der Waals surface area contributed by atoms with Crippen molar-refractivity contribution in [1.29, 1.82) is 0 Å². The molecule has 3 heteroatoms. The highest BCUT2D eigenvalue weighted by Gasteiger charge is 2.09. The Hall–Kier alpha value is -0.120. The van der Waals surface area contributed by atoms with Gasteiger partial charge in [0, 0.05) is 25.7 Å². The van der Waals surface area contributed by atoms with Crippen LogP contribution < -0.4 is 5.32 Å². The molecule has 1 N–H and O–H groups in total. The molecule has 0 aliphatic carbocycles. The second kappa shape index (κ2) is 8.90. The first kappa shape index (κ1) is 16.9. The zero-order valence-electron chi connectivity index (χ0n) is 12.7. The Labute approximate surface area is 108 Å². The summed E-state index contributed by atoms with van der Waals surface area (Å²) in [5.74, 6) is 0.724. The molecule has 0 spiro atoms. The van der Waals surface area contributed by atoms with E-state index in [2.05, 4.69) is 44.8 Å². The normalized spacial score (nSPS) is 12.7. The molecule has 0 aliphatic rings. The van der Waals surface area contributed by atoms with Crippen molar-refractivity contribution < 1.29 is 4.74 Å². The molecular weight excluding hydrogens is 212 g/mol. The van der Waals surface area contributed by atoms with Crippen LogP contribution in [0.3, 0.4) is 0 Å². The van der Waals surface area contributed by atoms with Gasteiger partial charge in [0.1, 0.15) is 0 Å². The standard InChI is InChI=1S/C14H32N2O/c1-13(2)12-16(10-11-17-6)9-7-8-15-14(3,4)5/h13,15H,7-12H2,1-6H3. The Morgan fingerprint density at radius 1 is 1.18 bits per heavy atom. The number of nitrogens with zero attached hydrogens (tertiary/aromatic N) is 1. The minimum Gasteiger partial charge on any atom is -0.383 e. The number of ether oxygens (including phenoxy) is 1. The molecule has 0 aliphatic heterocycles. The topological polar surface area (TPSA) is 24.5 Å². The molecule has 0 amide bonds. The van der Waals surface area contributed by atoms with Crippen molar-refractivity contribution in [2.45, 2.75) is 46.6 Å². The van der Waals surface area contributed by atoms with Crippen LogP contribution in [0.2, 0.25) is 0 Å². The molecule has 0 unspecified atom stereocenters. The average Bonchev–Trinajstić information content (AvgIpc) is 2.18. The first-order valence-corrected chi connectivity index (χ1v) is 6.81. The van der Waals surface area contributed by atoms with Crippen molar-refractivity contribution in [2.24, 2.45) is 5.92 Å². The third-order valence-electron chi connectivity index (χ3n) is 2.54. The van der Waals surface area contributed by atoms with E-state index < -0.39 is 0 Å². The third kappa shape index (κ3) is 12.1. The summed E-state index contributed by atoms with van der Waals surface area (Å²) in [7, 11) is 1.77. The first-order chi connectivity index (χ1) is 7.85. The molecule has 0 saturated heterocycles. The Bertz CT molecular complexity index is 176. The van der Waals surface area contributed by atoms with Gasteiger partial charge in [0.15, 0.2) is 0 Å². The maximum absolute atomic E-state index is 5.16. The zero-order chi connectivity index (χ0) is 13.3. The van der Waals surface area contributed by atoms with Gasteiger partial charge in [-0.3, -0.25) is 0 Å². The maximum Gasteiger partial charge on any atom is 0.0589 e. The number of hydrogen-bond donors (Lipinski definition) is 1. The molecule has 3 nitrogen and oxygen atoms in total. The SMILES string of the molecule is COCCN(CCCNC(C)(C)C)CC(C)C. The van der Waals surface area contributed by atoms with Gasteiger partial charge in [0.2, 0.25) is 0 Å². The number of hydrogen-bond acceptors (Lipinski definition) is 3. The van der Waals surface area contributed by atoms with Gasteiger partial charge in [-0.2, -0.15) is 0 Å². The van der Waals surface area contributed by atoms with Gasteiger partial charge in [0.25, 0.3) is 0 Å². The number of nitrogens with one attached hydrogen (secondary N) is 1. The van der Waals surface area contributed by atoms with E-state index in [0.717, 1.165) is 32.2 Å². The summed E-state index contributed by atoms with van der Waals surface area (Å²) in [6.07, 6.45) is 1.20. The summed E-state index contributed by atoms with van der Waals surface area (Å²) in [5.41, 5.74) is 0.232. The van der Waals surface area contributed by atoms with Gasteiger partial charge in [-0.15, -0.1) is 0 Å². The van der Waals surface area contributed by atoms with Crippen molar-refractivity contribution in [3.63, 3.8) is 0 Å². The summed E-state index contributed by atoms with van der Waals surface area (Å²) in [6.45, 7) is 16.5. The Morgan fingerprint density at radius 3 is 2.29 bits per heavy atom. The molecule has 104 valence electrons. The molecule has 0 rings (SSSR count). The minimum atomic E-state index is 0.232. The molecule has 0 radical (unpaired) electrons. The molecule has 17 heavy (non-hydrogen) atoms. The first-order valence-electron chi connectivity index (χ1n) is 6.81. The van der Waals surface area contributed by atoms with Gasteiger partial charge >= 0.3 is 0 Å². The monoisotopic (exact) mass is 244 g/mol. The second-order valence-electron chi connectivity index (χ2n) is 6.22. The van der Waals surface area contributed by atoms with E-state index >= 15 is 0 Å². The smallest absolute Gasteiger partial charge is 0.0589 e. The van der Waals surface area contributed by atoms with Crippen LogP contribution in [0.5, 0.6) is 0 Å². The minimum absolute atomic E-state index is 0.232. The van der Waals surface area contributed by atoms with Crippen LogP contribution in [0.25, 0.3) is 0 Å². The fourth-order valence-electron chi connectivity index (χ4n) is 1.80. The van der Waals surface area contributed by atoms with Gasteiger partial charge < -0.3 is 15.0 Å². The lowest BCUT2D eigenvalue weighted by molar-refractivity contribution is 0.138. The predicted octanol–water partition coefficient (Wildman–Crippen LogP) is 2.37. The highest BCUT2D eigenvalue weighted by atomic mass is 16.5. The summed E-state index contributed by atoms with van der Waals surface area (Å²) in [5, 5.41) is 3.53. The third-order valence-corrected chi connectivity index (χ3v) is 2.54.